The van der Waals surface area contributed by atoms with Gasteiger partial charge in [0.25, 0.3) is 0 Å². The minimum Gasteiger partial charge on any atom is -0.382 e. The van der Waals surface area contributed by atoms with E-state index in [0.717, 1.165) is 18.5 Å². The Kier molecular flexibility index (Phi) is 3.69. The average molecular weight is 193 g/mol. The predicted molar refractivity (Wildman–Crippen MR) is 59.1 cm³/mol. The lowest BCUT2D eigenvalue weighted by atomic mass is 10.2. The van der Waals surface area contributed by atoms with Crippen LogP contribution in [-0.2, 0) is 0 Å². The molecule has 0 aliphatic rings. The van der Waals surface area contributed by atoms with Crippen molar-refractivity contribution in [3.63, 3.8) is 0 Å². The fourth-order valence-electron chi connectivity index (χ4n) is 1.19. The summed E-state index contributed by atoms with van der Waals surface area (Å²) in [5.74, 6) is -0.158. The largest absolute Gasteiger partial charge is 0.382 e. The third kappa shape index (κ3) is 2.87. The molecule has 14 heavy (non-hydrogen) atoms. The molecule has 0 heterocycles. The second kappa shape index (κ2) is 4.80. The molecule has 1 aromatic carbocycles. The lowest BCUT2D eigenvalue weighted by Crippen LogP contribution is -2.04. The highest BCUT2D eigenvalue weighted by molar-refractivity contribution is 5.47. The van der Waals surface area contributed by atoms with Crippen molar-refractivity contribution in [1.29, 1.82) is 0 Å². The number of halogens is 1. The molecule has 0 aliphatic heterocycles. The predicted octanol–water partition coefficient (Wildman–Crippen LogP) is 3.51. The van der Waals surface area contributed by atoms with Crippen molar-refractivity contribution < 1.29 is 4.39 Å². The molecule has 76 valence electrons. The highest BCUT2D eigenvalue weighted by Crippen LogP contribution is 2.16. The lowest BCUT2D eigenvalue weighted by molar-refractivity contribution is 0.621. The molecule has 2 heteroatoms. The lowest BCUT2D eigenvalue weighted by Gasteiger charge is -2.08. The van der Waals surface area contributed by atoms with Gasteiger partial charge >= 0.3 is 0 Å². The van der Waals surface area contributed by atoms with E-state index in [4.69, 9.17) is 0 Å². The molecule has 0 amide bonds. The number of rotatable bonds is 4. The van der Waals surface area contributed by atoms with Gasteiger partial charge < -0.3 is 5.32 Å². The second-order valence-electron chi connectivity index (χ2n) is 3.57. The molecule has 0 bridgehead atoms. The summed E-state index contributed by atoms with van der Waals surface area (Å²) in [7, 11) is 0. The Labute approximate surface area is 84.6 Å². The van der Waals surface area contributed by atoms with Crippen molar-refractivity contribution in [1.82, 2.24) is 0 Å². The quantitative estimate of drug-likeness (QED) is 0.721. The molecular formula is C12H16FN. The van der Waals surface area contributed by atoms with Gasteiger partial charge in [-0.1, -0.05) is 17.7 Å². The second-order valence-corrected chi connectivity index (χ2v) is 3.57. The van der Waals surface area contributed by atoms with Crippen LogP contribution in [0.5, 0.6) is 0 Å². The smallest absolute Gasteiger partial charge is 0.149 e. The third-order valence-electron chi connectivity index (χ3n) is 2.06. The van der Waals surface area contributed by atoms with Crippen LogP contribution >= 0.6 is 0 Å². The zero-order chi connectivity index (χ0) is 10.6. The number of hydrogen-bond acceptors (Lipinski definition) is 1. The van der Waals surface area contributed by atoms with Gasteiger partial charge in [0.15, 0.2) is 0 Å². The van der Waals surface area contributed by atoms with Gasteiger partial charge in [0, 0.05) is 6.54 Å². The Bertz CT molecular complexity index is 331. The van der Waals surface area contributed by atoms with E-state index < -0.39 is 0 Å². The van der Waals surface area contributed by atoms with Crippen molar-refractivity contribution in [2.75, 3.05) is 11.9 Å². The molecule has 0 aliphatic carbocycles. The van der Waals surface area contributed by atoms with Gasteiger partial charge in [-0.3, -0.25) is 0 Å². The molecule has 0 fully saturated rings. The van der Waals surface area contributed by atoms with Crippen LogP contribution in [0.15, 0.2) is 30.4 Å². The van der Waals surface area contributed by atoms with Crippen LogP contribution < -0.4 is 5.32 Å². The van der Waals surface area contributed by atoms with Crippen molar-refractivity contribution in [3.8, 4) is 0 Å². The molecule has 1 aromatic rings. The van der Waals surface area contributed by atoms with Gasteiger partial charge in [-0.2, -0.15) is 0 Å². The molecule has 1 nitrogen and oxygen atoms in total. The van der Waals surface area contributed by atoms with Gasteiger partial charge in [-0.15, -0.1) is 6.58 Å². The Morgan fingerprint density at radius 1 is 1.50 bits per heavy atom. The van der Waals surface area contributed by atoms with Gasteiger partial charge in [-0.25, -0.2) is 4.39 Å². The van der Waals surface area contributed by atoms with Crippen LogP contribution in [0.3, 0.4) is 0 Å². The van der Waals surface area contributed by atoms with E-state index in [1.807, 2.05) is 13.0 Å². The SMILES string of the molecule is C=C(C)CCNc1cccc(C)c1F. The maximum absolute atomic E-state index is 13.4. The molecule has 0 atom stereocenters. The molecular weight excluding hydrogens is 177 g/mol. The van der Waals surface area contributed by atoms with Crippen molar-refractivity contribution >= 4 is 5.69 Å². The molecule has 0 saturated carbocycles. The minimum atomic E-state index is -0.158. The Morgan fingerprint density at radius 2 is 2.21 bits per heavy atom. The molecule has 0 spiro atoms. The summed E-state index contributed by atoms with van der Waals surface area (Å²) in [6.07, 6.45) is 0.868. The summed E-state index contributed by atoms with van der Waals surface area (Å²) < 4.78 is 13.4. The monoisotopic (exact) mass is 193 g/mol. The topological polar surface area (TPSA) is 12.0 Å². The minimum absolute atomic E-state index is 0.158. The number of anilines is 1. The molecule has 1 N–H and O–H groups in total. The summed E-state index contributed by atoms with van der Waals surface area (Å²) in [5, 5.41) is 3.05. The van der Waals surface area contributed by atoms with E-state index in [2.05, 4.69) is 11.9 Å². The summed E-state index contributed by atoms with van der Waals surface area (Å²) in [6.45, 7) is 8.25. The number of benzene rings is 1. The summed E-state index contributed by atoms with van der Waals surface area (Å²) >= 11 is 0. The first kappa shape index (κ1) is 10.8. The van der Waals surface area contributed by atoms with Crippen LogP contribution in [-0.4, -0.2) is 6.54 Å². The van der Waals surface area contributed by atoms with Crippen LogP contribution in [0.4, 0.5) is 10.1 Å². The standard InChI is InChI=1S/C12H16FN/c1-9(2)7-8-14-11-6-4-5-10(3)12(11)13/h4-6,14H,1,7-8H2,2-3H3. The van der Waals surface area contributed by atoms with E-state index in [-0.39, 0.29) is 5.82 Å². The normalized spacial score (nSPS) is 9.93. The van der Waals surface area contributed by atoms with E-state index in [0.29, 0.717) is 11.3 Å². The maximum atomic E-state index is 13.4. The first-order valence-electron chi connectivity index (χ1n) is 4.74. The number of nitrogens with one attached hydrogen (secondary N) is 1. The average Bonchev–Trinajstić information content (AvgIpc) is 2.12. The van der Waals surface area contributed by atoms with E-state index >= 15 is 0 Å². The summed E-state index contributed by atoms with van der Waals surface area (Å²) in [6, 6.07) is 5.36. The van der Waals surface area contributed by atoms with Gasteiger partial charge in [0.05, 0.1) is 5.69 Å². The zero-order valence-electron chi connectivity index (χ0n) is 8.73. The first-order chi connectivity index (χ1) is 6.61. The van der Waals surface area contributed by atoms with Crippen LogP contribution in [0.1, 0.15) is 18.9 Å². The van der Waals surface area contributed by atoms with Crippen molar-refractivity contribution in [2.24, 2.45) is 0 Å². The van der Waals surface area contributed by atoms with Crippen LogP contribution in [0, 0.1) is 12.7 Å². The molecule has 0 aromatic heterocycles. The fourth-order valence-corrected chi connectivity index (χ4v) is 1.19. The van der Waals surface area contributed by atoms with Gasteiger partial charge in [0.1, 0.15) is 5.82 Å². The summed E-state index contributed by atoms with van der Waals surface area (Å²) in [4.78, 5) is 0. The molecule has 1 rings (SSSR count). The number of hydrogen-bond donors (Lipinski definition) is 1. The Morgan fingerprint density at radius 3 is 2.86 bits per heavy atom. The first-order valence-corrected chi connectivity index (χ1v) is 4.74. The van der Waals surface area contributed by atoms with Crippen molar-refractivity contribution in [2.45, 2.75) is 20.3 Å². The Balaban J connectivity index is 2.59. The fraction of sp³-hybridized carbons (Fsp3) is 0.333. The summed E-state index contributed by atoms with van der Waals surface area (Å²) in [5.41, 5.74) is 2.35. The highest BCUT2D eigenvalue weighted by atomic mass is 19.1. The van der Waals surface area contributed by atoms with E-state index in [9.17, 15) is 4.39 Å². The number of aryl methyl sites for hydroxylation is 1. The molecule has 0 saturated heterocycles. The maximum Gasteiger partial charge on any atom is 0.149 e. The van der Waals surface area contributed by atoms with Gasteiger partial charge in [0.2, 0.25) is 0 Å². The highest BCUT2D eigenvalue weighted by Gasteiger charge is 2.02. The van der Waals surface area contributed by atoms with E-state index in [1.165, 1.54) is 0 Å². The van der Waals surface area contributed by atoms with Crippen LogP contribution in [0.25, 0.3) is 0 Å². The van der Waals surface area contributed by atoms with E-state index in [1.54, 1.807) is 19.1 Å². The third-order valence-corrected chi connectivity index (χ3v) is 2.06. The van der Waals surface area contributed by atoms with Crippen molar-refractivity contribution in [3.05, 3.63) is 41.7 Å². The molecule has 0 unspecified atom stereocenters. The zero-order valence-corrected chi connectivity index (χ0v) is 8.73. The van der Waals surface area contributed by atoms with Gasteiger partial charge in [-0.05, 0) is 31.9 Å². The molecule has 0 radical (unpaired) electrons. The van der Waals surface area contributed by atoms with Crippen LogP contribution in [0.2, 0.25) is 0 Å². The Hall–Kier alpha value is -1.31.